The summed E-state index contributed by atoms with van der Waals surface area (Å²) in [5.41, 5.74) is -0.425. The lowest BCUT2D eigenvalue weighted by molar-refractivity contribution is 0.0184. The molecule has 0 atom stereocenters. The maximum absolute atomic E-state index is 11.9. The molecule has 0 unspecified atom stereocenters. The molecule has 0 bridgehead atoms. The van der Waals surface area contributed by atoms with Crippen molar-refractivity contribution in [3.8, 4) is 0 Å². The number of ether oxygens (including phenoxy) is 1. The quantitative estimate of drug-likeness (QED) is 0.707. The second-order valence-corrected chi connectivity index (χ2v) is 6.92. The van der Waals surface area contributed by atoms with Gasteiger partial charge in [0.1, 0.15) is 9.30 Å². The molecule has 0 aromatic carbocycles. The summed E-state index contributed by atoms with van der Waals surface area (Å²) in [4.78, 5) is 13.7. The van der Waals surface area contributed by atoms with Crippen LogP contribution in [0.15, 0.2) is 12.3 Å². The number of hydrogen-bond donors (Lipinski definition) is 0. The van der Waals surface area contributed by atoms with Gasteiger partial charge < -0.3 is 9.64 Å². The molecule has 1 aromatic heterocycles. The van der Waals surface area contributed by atoms with Crippen molar-refractivity contribution in [2.24, 2.45) is 0 Å². The number of piperidine rings is 1. The normalized spacial score (nSPS) is 17.6. The summed E-state index contributed by atoms with van der Waals surface area (Å²) in [6.45, 7) is 7.14. The van der Waals surface area contributed by atoms with E-state index in [4.69, 9.17) is 4.74 Å². The third kappa shape index (κ3) is 4.09. The monoisotopic (exact) mass is 377 g/mol. The molecule has 1 fully saturated rings. The lowest BCUT2D eigenvalue weighted by atomic mass is 10.1. The van der Waals surface area contributed by atoms with Crippen molar-refractivity contribution in [2.45, 2.75) is 45.3 Å². The molecule has 2 heterocycles. The van der Waals surface area contributed by atoms with Gasteiger partial charge in [-0.2, -0.15) is 5.10 Å². The van der Waals surface area contributed by atoms with Crippen molar-refractivity contribution in [3.05, 3.63) is 16.0 Å². The zero-order valence-electron chi connectivity index (χ0n) is 11.6. The van der Waals surface area contributed by atoms with Crippen LogP contribution in [0.3, 0.4) is 0 Å². The van der Waals surface area contributed by atoms with E-state index in [0.29, 0.717) is 6.04 Å². The molecule has 5 nitrogen and oxygen atoms in total. The molecule has 0 radical (unpaired) electrons. The fourth-order valence-corrected chi connectivity index (χ4v) is 2.57. The van der Waals surface area contributed by atoms with Crippen LogP contribution in [0.4, 0.5) is 4.79 Å². The highest BCUT2D eigenvalue weighted by molar-refractivity contribution is 14.1. The SMILES string of the molecule is CC(C)(C)OC(=O)N1CCC(n2ccc(I)n2)CC1. The van der Waals surface area contributed by atoms with Gasteiger partial charge in [-0.1, -0.05) is 0 Å². The summed E-state index contributed by atoms with van der Waals surface area (Å²) < 4.78 is 8.40. The summed E-state index contributed by atoms with van der Waals surface area (Å²) in [7, 11) is 0. The first-order chi connectivity index (χ1) is 8.85. The predicted molar refractivity (Wildman–Crippen MR) is 81.0 cm³/mol. The van der Waals surface area contributed by atoms with Crippen LogP contribution in [0.2, 0.25) is 0 Å². The minimum atomic E-state index is -0.425. The Balaban J connectivity index is 1.87. The molecule has 0 aliphatic carbocycles. The van der Waals surface area contributed by atoms with Crippen molar-refractivity contribution in [2.75, 3.05) is 13.1 Å². The van der Waals surface area contributed by atoms with Gasteiger partial charge in [-0.3, -0.25) is 4.68 Å². The Kier molecular flexibility index (Phi) is 4.37. The first kappa shape index (κ1) is 14.6. The average molecular weight is 377 g/mol. The fraction of sp³-hybridized carbons (Fsp3) is 0.692. The molecule has 2 rings (SSSR count). The molecule has 0 spiro atoms. The highest BCUT2D eigenvalue weighted by atomic mass is 127. The Morgan fingerprint density at radius 2 is 2.05 bits per heavy atom. The lowest BCUT2D eigenvalue weighted by Crippen LogP contribution is -2.42. The largest absolute Gasteiger partial charge is 0.444 e. The van der Waals surface area contributed by atoms with Gasteiger partial charge in [0.2, 0.25) is 0 Å². The van der Waals surface area contributed by atoms with E-state index >= 15 is 0 Å². The number of amides is 1. The molecule has 19 heavy (non-hydrogen) atoms. The van der Waals surface area contributed by atoms with Crippen LogP contribution in [-0.4, -0.2) is 39.5 Å². The van der Waals surface area contributed by atoms with Crippen molar-refractivity contribution < 1.29 is 9.53 Å². The fourth-order valence-electron chi connectivity index (χ4n) is 2.16. The van der Waals surface area contributed by atoms with Crippen LogP contribution >= 0.6 is 22.6 Å². The van der Waals surface area contributed by atoms with E-state index in [1.807, 2.05) is 37.7 Å². The van der Waals surface area contributed by atoms with Crippen LogP contribution in [-0.2, 0) is 4.74 Å². The molecular formula is C13H20IN3O2. The smallest absolute Gasteiger partial charge is 0.410 e. The molecule has 1 aliphatic heterocycles. The number of likely N-dealkylation sites (tertiary alicyclic amines) is 1. The van der Waals surface area contributed by atoms with E-state index in [-0.39, 0.29) is 6.09 Å². The lowest BCUT2D eigenvalue weighted by Gasteiger charge is -2.33. The third-order valence-corrected chi connectivity index (χ3v) is 3.64. The Bertz CT molecular complexity index is 445. The van der Waals surface area contributed by atoms with Crippen molar-refractivity contribution in [1.82, 2.24) is 14.7 Å². The third-order valence-electron chi connectivity index (χ3n) is 3.07. The standard InChI is InChI=1S/C13H20IN3O2/c1-13(2,3)19-12(18)16-7-4-10(5-8-16)17-9-6-11(14)15-17/h6,9-10H,4-5,7-8H2,1-3H3. The van der Waals surface area contributed by atoms with Crippen molar-refractivity contribution >= 4 is 28.7 Å². The average Bonchev–Trinajstić information content (AvgIpc) is 2.74. The minimum Gasteiger partial charge on any atom is -0.444 e. The van der Waals surface area contributed by atoms with E-state index in [1.165, 1.54) is 0 Å². The van der Waals surface area contributed by atoms with Crippen molar-refractivity contribution in [1.29, 1.82) is 0 Å². The number of rotatable bonds is 1. The number of carbonyl (C=O) groups excluding carboxylic acids is 1. The van der Waals surface area contributed by atoms with Gasteiger partial charge in [0.05, 0.1) is 6.04 Å². The summed E-state index contributed by atoms with van der Waals surface area (Å²) >= 11 is 2.21. The first-order valence-electron chi connectivity index (χ1n) is 6.54. The summed E-state index contributed by atoms with van der Waals surface area (Å²) in [5, 5.41) is 4.43. The summed E-state index contributed by atoms with van der Waals surface area (Å²) in [6, 6.07) is 2.39. The molecule has 106 valence electrons. The van der Waals surface area contributed by atoms with E-state index in [9.17, 15) is 4.79 Å². The highest BCUT2D eigenvalue weighted by Gasteiger charge is 2.27. The summed E-state index contributed by atoms with van der Waals surface area (Å²) in [6.07, 6.45) is 3.66. The topological polar surface area (TPSA) is 47.4 Å². The minimum absolute atomic E-state index is 0.207. The Morgan fingerprint density at radius 3 is 2.53 bits per heavy atom. The van der Waals surface area contributed by atoms with Gasteiger partial charge in [-0.25, -0.2) is 4.79 Å². The molecule has 6 heteroatoms. The molecule has 1 aromatic rings. The number of aromatic nitrogens is 2. The first-order valence-corrected chi connectivity index (χ1v) is 7.61. The number of nitrogens with zero attached hydrogens (tertiary/aromatic N) is 3. The molecule has 1 aliphatic rings. The molecule has 0 saturated carbocycles. The van der Waals surface area contributed by atoms with Crippen LogP contribution in [0.25, 0.3) is 0 Å². The second-order valence-electron chi connectivity index (χ2n) is 5.82. The van der Waals surface area contributed by atoms with Crippen LogP contribution in [0, 0.1) is 3.70 Å². The van der Waals surface area contributed by atoms with Gasteiger partial charge >= 0.3 is 6.09 Å². The van der Waals surface area contributed by atoms with E-state index in [0.717, 1.165) is 29.6 Å². The number of carbonyl (C=O) groups is 1. The predicted octanol–water partition coefficient (Wildman–Crippen LogP) is 3.06. The van der Waals surface area contributed by atoms with Gasteiger partial charge in [0.25, 0.3) is 0 Å². The van der Waals surface area contributed by atoms with Gasteiger partial charge in [0.15, 0.2) is 0 Å². The zero-order chi connectivity index (χ0) is 14.0. The van der Waals surface area contributed by atoms with Gasteiger partial charge in [-0.05, 0) is 62.3 Å². The Hall–Kier alpha value is -0.790. The number of halogens is 1. The Morgan fingerprint density at radius 1 is 1.42 bits per heavy atom. The highest BCUT2D eigenvalue weighted by Crippen LogP contribution is 2.23. The molecular weight excluding hydrogens is 357 g/mol. The van der Waals surface area contributed by atoms with Crippen LogP contribution in [0.1, 0.15) is 39.7 Å². The molecule has 0 N–H and O–H groups in total. The second kappa shape index (κ2) is 5.68. The maximum Gasteiger partial charge on any atom is 0.410 e. The van der Waals surface area contributed by atoms with E-state index < -0.39 is 5.60 Å². The summed E-state index contributed by atoms with van der Waals surface area (Å²) in [5.74, 6) is 0. The Labute approximate surface area is 127 Å². The zero-order valence-corrected chi connectivity index (χ0v) is 13.8. The molecule has 1 amide bonds. The van der Waals surface area contributed by atoms with Gasteiger partial charge in [0, 0.05) is 19.3 Å². The maximum atomic E-state index is 11.9. The number of hydrogen-bond acceptors (Lipinski definition) is 3. The van der Waals surface area contributed by atoms with Crippen LogP contribution < -0.4 is 0 Å². The molecule has 1 saturated heterocycles. The van der Waals surface area contributed by atoms with Gasteiger partial charge in [-0.15, -0.1) is 0 Å². The van der Waals surface area contributed by atoms with E-state index in [2.05, 4.69) is 27.7 Å². The van der Waals surface area contributed by atoms with Crippen LogP contribution in [0.5, 0.6) is 0 Å². The van der Waals surface area contributed by atoms with Crippen molar-refractivity contribution in [3.63, 3.8) is 0 Å². The van der Waals surface area contributed by atoms with E-state index in [1.54, 1.807) is 4.90 Å².